The van der Waals surface area contributed by atoms with Crippen LogP contribution >= 0.6 is 0 Å². The zero-order valence-electron chi connectivity index (χ0n) is 20.1. The zero-order chi connectivity index (χ0) is 25.2. The lowest BCUT2D eigenvalue weighted by molar-refractivity contribution is -0.143. The van der Waals surface area contributed by atoms with E-state index in [1.54, 1.807) is 39.8 Å². The number of carbonyl (C=O) groups excluding carboxylic acids is 3. The molecular formula is C23H37N3O7. The van der Waals surface area contributed by atoms with E-state index in [-0.39, 0.29) is 17.9 Å². The first kappa shape index (κ1) is 28.2. The summed E-state index contributed by atoms with van der Waals surface area (Å²) in [6.07, 6.45) is 0.638. The summed E-state index contributed by atoms with van der Waals surface area (Å²) in [5.74, 6) is -1.53. The smallest absolute Gasteiger partial charge is 0.408 e. The SMILES string of the molecule is CCCCNC(=O)C(c1cccc(C)c1O)N(CCO)C(=O)C(CO)NC(=O)OC(C)(C)C. The molecule has 10 heteroatoms. The van der Waals surface area contributed by atoms with Crippen molar-refractivity contribution in [1.82, 2.24) is 15.5 Å². The Bertz CT molecular complexity index is 808. The van der Waals surface area contributed by atoms with Crippen LogP contribution < -0.4 is 10.6 Å². The molecule has 2 atom stereocenters. The lowest BCUT2D eigenvalue weighted by Gasteiger charge is -2.34. The number of aryl methyl sites for hydroxylation is 1. The standard InChI is InChI=1S/C23H37N3O7/c1-6-7-11-24-20(30)18(16-10-8-9-15(2)19(16)29)26(12-13-27)21(31)17(14-28)25-22(32)33-23(3,4)5/h8-10,17-18,27-29H,6-7,11-14H2,1-5H3,(H,24,30)(H,25,32). The van der Waals surface area contributed by atoms with Gasteiger partial charge in [-0.05, 0) is 39.7 Å². The Hall–Kier alpha value is -2.85. The molecule has 1 rings (SSSR count). The van der Waals surface area contributed by atoms with Crippen molar-refractivity contribution in [3.8, 4) is 5.75 Å². The minimum absolute atomic E-state index is 0.162. The third-order valence-corrected chi connectivity index (χ3v) is 4.75. The Kier molecular flexibility index (Phi) is 11.1. The summed E-state index contributed by atoms with van der Waals surface area (Å²) in [7, 11) is 0. The summed E-state index contributed by atoms with van der Waals surface area (Å²) in [5, 5.41) is 35.1. The van der Waals surface area contributed by atoms with Gasteiger partial charge in [0.2, 0.25) is 11.8 Å². The van der Waals surface area contributed by atoms with E-state index in [2.05, 4.69) is 10.6 Å². The van der Waals surface area contributed by atoms with E-state index in [1.807, 2.05) is 6.92 Å². The number of carbonyl (C=O) groups is 3. The second-order valence-corrected chi connectivity index (χ2v) is 8.70. The van der Waals surface area contributed by atoms with Crippen LogP contribution in [0.5, 0.6) is 5.75 Å². The van der Waals surface area contributed by atoms with Crippen molar-refractivity contribution in [2.75, 3.05) is 26.3 Å². The molecule has 33 heavy (non-hydrogen) atoms. The van der Waals surface area contributed by atoms with Crippen LogP contribution in [0.1, 0.15) is 57.7 Å². The molecule has 1 aromatic carbocycles. The fourth-order valence-corrected chi connectivity index (χ4v) is 3.15. The number of aliphatic hydroxyl groups is 2. The maximum absolute atomic E-state index is 13.3. The molecule has 10 nitrogen and oxygen atoms in total. The predicted molar refractivity (Wildman–Crippen MR) is 123 cm³/mol. The highest BCUT2D eigenvalue weighted by atomic mass is 16.6. The molecule has 2 unspecified atom stereocenters. The quantitative estimate of drug-likeness (QED) is 0.309. The van der Waals surface area contributed by atoms with Crippen molar-refractivity contribution in [1.29, 1.82) is 0 Å². The van der Waals surface area contributed by atoms with Crippen LogP contribution in [-0.4, -0.2) is 76.1 Å². The molecule has 0 bridgehead atoms. The number of hydrogen-bond donors (Lipinski definition) is 5. The van der Waals surface area contributed by atoms with Gasteiger partial charge in [-0.15, -0.1) is 0 Å². The van der Waals surface area contributed by atoms with E-state index in [1.165, 1.54) is 6.07 Å². The highest BCUT2D eigenvalue weighted by Gasteiger charge is 2.37. The van der Waals surface area contributed by atoms with Gasteiger partial charge in [-0.25, -0.2) is 4.79 Å². The number of ether oxygens (including phenoxy) is 1. The lowest BCUT2D eigenvalue weighted by atomic mass is 9.99. The van der Waals surface area contributed by atoms with Gasteiger partial charge in [0.1, 0.15) is 23.4 Å². The van der Waals surface area contributed by atoms with E-state index >= 15 is 0 Å². The highest BCUT2D eigenvalue weighted by Crippen LogP contribution is 2.32. The van der Waals surface area contributed by atoms with Gasteiger partial charge in [0, 0.05) is 18.7 Å². The lowest BCUT2D eigenvalue weighted by Crippen LogP contribution is -2.55. The van der Waals surface area contributed by atoms with Crippen molar-refractivity contribution in [3.63, 3.8) is 0 Å². The summed E-state index contributed by atoms with van der Waals surface area (Å²) < 4.78 is 5.15. The molecule has 0 heterocycles. The molecule has 1 aromatic rings. The first-order chi connectivity index (χ1) is 15.5. The Balaban J connectivity index is 3.35. The fourth-order valence-electron chi connectivity index (χ4n) is 3.15. The zero-order valence-corrected chi connectivity index (χ0v) is 20.1. The van der Waals surface area contributed by atoms with E-state index in [0.29, 0.717) is 18.5 Å². The first-order valence-electron chi connectivity index (χ1n) is 11.0. The van der Waals surface area contributed by atoms with Crippen molar-refractivity contribution in [2.24, 2.45) is 0 Å². The second kappa shape index (κ2) is 13.0. The van der Waals surface area contributed by atoms with Gasteiger partial charge >= 0.3 is 6.09 Å². The van der Waals surface area contributed by atoms with Gasteiger partial charge < -0.3 is 35.6 Å². The van der Waals surface area contributed by atoms with E-state index in [4.69, 9.17) is 4.74 Å². The second-order valence-electron chi connectivity index (χ2n) is 8.70. The van der Waals surface area contributed by atoms with Crippen molar-refractivity contribution >= 4 is 17.9 Å². The molecule has 0 aliphatic heterocycles. The molecule has 0 radical (unpaired) electrons. The third kappa shape index (κ3) is 8.54. The Morgan fingerprint density at radius 3 is 2.39 bits per heavy atom. The van der Waals surface area contributed by atoms with Gasteiger partial charge in [-0.1, -0.05) is 31.5 Å². The largest absolute Gasteiger partial charge is 0.507 e. The summed E-state index contributed by atoms with van der Waals surface area (Å²) in [6.45, 7) is 7.41. The molecule has 0 aromatic heterocycles. The van der Waals surface area contributed by atoms with Crippen LogP contribution in [0.2, 0.25) is 0 Å². The Morgan fingerprint density at radius 2 is 1.85 bits per heavy atom. The molecule has 186 valence electrons. The number of phenols is 1. The van der Waals surface area contributed by atoms with E-state index in [0.717, 1.165) is 11.3 Å². The van der Waals surface area contributed by atoms with Crippen molar-refractivity contribution in [2.45, 2.75) is 65.1 Å². The molecule has 0 fully saturated rings. The molecule has 0 spiro atoms. The average molecular weight is 468 g/mol. The number of benzene rings is 1. The third-order valence-electron chi connectivity index (χ3n) is 4.75. The number of para-hydroxylation sites is 1. The van der Waals surface area contributed by atoms with Crippen LogP contribution in [-0.2, 0) is 14.3 Å². The van der Waals surface area contributed by atoms with Gasteiger partial charge in [-0.3, -0.25) is 9.59 Å². The Morgan fingerprint density at radius 1 is 1.18 bits per heavy atom. The monoisotopic (exact) mass is 467 g/mol. The molecule has 5 N–H and O–H groups in total. The maximum Gasteiger partial charge on any atom is 0.408 e. The number of aliphatic hydroxyl groups excluding tert-OH is 2. The summed E-state index contributed by atoms with van der Waals surface area (Å²) in [5.41, 5.74) is -0.159. The number of aromatic hydroxyl groups is 1. The number of rotatable bonds is 11. The van der Waals surface area contributed by atoms with Crippen molar-refractivity contribution < 1.29 is 34.4 Å². The van der Waals surface area contributed by atoms with Gasteiger partial charge in [0.15, 0.2) is 0 Å². The van der Waals surface area contributed by atoms with Crippen LogP contribution in [0, 0.1) is 6.92 Å². The van der Waals surface area contributed by atoms with Gasteiger partial charge in [0.25, 0.3) is 0 Å². The molecule has 0 aliphatic carbocycles. The molecule has 0 saturated carbocycles. The molecule has 0 aliphatic rings. The highest BCUT2D eigenvalue weighted by molar-refractivity contribution is 5.92. The van der Waals surface area contributed by atoms with Crippen LogP contribution in [0.25, 0.3) is 0 Å². The summed E-state index contributed by atoms with van der Waals surface area (Å²) in [4.78, 5) is 39.7. The van der Waals surface area contributed by atoms with Crippen molar-refractivity contribution in [3.05, 3.63) is 29.3 Å². The maximum atomic E-state index is 13.3. The number of alkyl carbamates (subject to hydrolysis) is 1. The van der Waals surface area contributed by atoms with E-state index in [9.17, 15) is 29.7 Å². The fraction of sp³-hybridized carbons (Fsp3) is 0.609. The molecular weight excluding hydrogens is 430 g/mol. The number of amides is 3. The minimum atomic E-state index is -1.43. The number of nitrogens with zero attached hydrogens (tertiary/aromatic N) is 1. The number of hydrogen-bond acceptors (Lipinski definition) is 7. The number of phenolic OH excluding ortho intramolecular Hbond substituents is 1. The van der Waals surface area contributed by atoms with Gasteiger partial charge in [0.05, 0.1) is 13.2 Å². The number of nitrogens with one attached hydrogen (secondary N) is 2. The number of unbranched alkanes of at least 4 members (excludes halogenated alkanes) is 1. The van der Waals surface area contributed by atoms with E-state index < -0.39 is 48.8 Å². The summed E-state index contributed by atoms with van der Waals surface area (Å²) in [6, 6.07) is 2.09. The molecule has 0 saturated heterocycles. The van der Waals surface area contributed by atoms with Gasteiger partial charge in [-0.2, -0.15) is 0 Å². The predicted octanol–water partition coefficient (Wildman–Crippen LogP) is 1.36. The van der Waals surface area contributed by atoms with Crippen LogP contribution in [0.15, 0.2) is 18.2 Å². The Labute approximate surface area is 194 Å². The summed E-state index contributed by atoms with van der Waals surface area (Å²) >= 11 is 0. The average Bonchev–Trinajstić information content (AvgIpc) is 2.73. The minimum Gasteiger partial charge on any atom is -0.507 e. The van der Waals surface area contributed by atoms with Crippen LogP contribution in [0.4, 0.5) is 4.79 Å². The van der Waals surface area contributed by atoms with Crippen LogP contribution in [0.3, 0.4) is 0 Å². The first-order valence-corrected chi connectivity index (χ1v) is 11.0. The molecule has 3 amide bonds. The normalized spacial score (nSPS) is 13.1. The topological polar surface area (TPSA) is 148 Å².